The van der Waals surface area contributed by atoms with Gasteiger partial charge in [-0.1, -0.05) is 24.3 Å². The van der Waals surface area contributed by atoms with Crippen LogP contribution < -0.4 is 20.1 Å². The number of phenols is 1. The first-order valence-corrected chi connectivity index (χ1v) is 12.3. The highest BCUT2D eigenvalue weighted by atomic mass is 16.5. The minimum atomic E-state index is -0.358. The Hall–Kier alpha value is -4.79. The van der Waals surface area contributed by atoms with Crippen LogP contribution in [0.2, 0.25) is 0 Å². The average Bonchev–Trinajstić information content (AvgIpc) is 3.70. The second kappa shape index (κ2) is 10.7. The van der Waals surface area contributed by atoms with Crippen molar-refractivity contribution in [3.05, 3.63) is 89.6 Å². The SMILES string of the molecule is COc1ccc(CNC(=O)n2nc(-c3ccc(NC(=O)c4ccccc4OC)cc3O)cc2C2CC2)cc1. The van der Waals surface area contributed by atoms with E-state index < -0.39 is 0 Å². The first-order chi connectivity index (χ1) is 18.5. The van der Waals surface area contributed by atoms with E-state index >= 15 is 0 Å². The van der Waals surface area contributed by atoms with Crippen LogP contribution in [0.5, 0.6) is 17.2 Å². The van der Waals surface area contributed by atoms with Crippen molar-refractivity contribution in [1.82, 2.24) is 15.1 Å². The molecule has 0 unspecified atom stereocenters. The minimum Gasteiger partial charge on any atom is -0.507 e. The zero-order chi connectivity index (χ0) is 26.6. The molecule has 5 rings (SSSR count). The molecule has 0 radical (unpaired) electrons. The Morgan fingerprint density at radius 1 is 1.00 bits per heavy atom. The number of para-hydroxylation sites is 1. The number of anilines is 1. The molecular weight excluding hydrogens is 484 g/mol. The number of carbonyl (C=O) groups excluding carboxylic acids is 2. The summed E-state index contributed by atoms with van der Waals surface area (Å²) in [5, 5.41) is 21.0. The molecule has 0 spiro atoms. The Kier molecular flexibility index (Phi) is 6.99. The molecule has 4 aromatic rings. The molecule has 3 aromatic carbocycles. The van der Waals surface area contributed by atoms with Gasteiger partial charge >= 0.3 is 6.03 Å². The standard InChI is InChI=1S/C29H28N4O5/c1-37-21-12-7-18(8-13-21)17-30-29(36)33-25(19-9-10-19)16-24(32-33)22-14-11-20(15-26(22)34)31-28(35)23-5-3-4-6-27(23)38-2/h3-8,11-16,19,34H,9-10,17H2,1-2H3,(H,30,36)(H,31,35). The third-order valence-corrected chi connectivity index (χ3v) is 6.41. The Morgan fingerprint density at radius 3 is 2.45 bits per heavy atom. The topological polar surface area (TPSA) is 115 Å². The van der Waals surface area contributed by atoms with Gasteiger partial charge in [-0.2, -0.15) is 9.78 Å². The third kappa shape index (κ3) is 5.31. The summed E-state index contributed by atoms with van der Waals surface area (Å²) in [6, 6.07) is 20.7. The number of nitrogens with one attached hydrogen (secondary N) is 2. The fourth-order valence-electron chi connectivity index (χ4n) is 4.21. The second-order valence-electron chi connectivity index (χ2n) is 9.03. The van der Waals surface area contributed by atoms with E-state index in [1.165, 1.54) is 17.9 Å². The smallest absolute Gasteiger partial charge is 0.342 e. The Balaban J connectivity index is 1.33. The van der Waals surface area contributed by atoms with E-state index in [9.17, 15) is 14.7 Å². The van der Waals surface area contributed by atoms with Gasteiger partial charge in [0.05, 0.1) is 31.2 Å². The number of ether oxygens (including phenoxy) is 2. The van der Waals surface area contributed by atoms with Crippen LogP contribution in [0, 0.1) is 0 Å². The summed E-state index contributed by atoms with van der Waals surface area (Å²) in [5.41, 5.74) is 3.48. The normalized spacial score (nSPS) is 12.6. The molecule has 2 amide bonds. The number of methoxy groups -OCH3 is 2. The second-order valence-corrected chi connectivity index (χ2v) is 9.03. The number of amides is 2. The molecule has 1 heterocycles. The van der Waals surface area contributed by atoms with Crippen LogP contribution in [-0.4, -0.2) is 41.0 Å². The van der Waals surface area contributed by atoms with Crippen LogP contribution in [-0.2, 0) is 6.54 Å². The van der Waals surface area contributed by atoms with Crippen LogP contribution >= 0.6 is 0 Å². The van der Waals surface area contributed by atoms with Crippen molar-refractivity contribution in [3.8, 4) is 28.5 Å². The van der Waals surface area contributed by atoms with E-state index in [1.807, 2.05) is 30.3 Å². The lowest BCUT2D eigenvalue weighted by atomic mass is 10.1. The van der Waals surface area contributed by atoms with E-state index in [0.717, 1.165) is 29.8 Å². The van der Waals surface area contributed by atoms with Gasteiger partial charge in [0.15, 0.2) is 0 Å². The molecule has 1 aliphatic rings. The number of hydrogen-bond donors (Lipinski definition) is 3. The summed E-state index contributed by atoms with van der Waals surface area (Å²) in [6.07, 6.45) is 1.97. The number of phenolic OH excluding ortho intramolecular Hbond substituents is 1. The summed E-state index contributed by atoms with van der Waals surface area (Å²) in [5.74, 6) is 1.04. The maximum absolute atomic E-state index is 13.0. The molecule has 194 valence electrons. The zero-order valence-electron chi connectivity index (χ0n) is 21.1. The van der Waals surface area contributed by atoms with Gasteiger partial charge < -0.3 is 25.2 Å². The summed E-state index contributed by atoms with van der Waals surface area (Å²) >= 11 is 0. The maximum Gasteiger partial charge on any atom is 0.342 e. The first-order valence-electron chi connectivity index (χ1n) is 12.3. The number of aromatic hydroxyl groups is 1. The summed E-state index contributed by atoms with van der Waals surface area (Å²) in [6.45, 7) is 0.341. The number of hydrogen-bond acceptors (Lipinski definition) is 6. The highest BCUT2D eigenvalue weighted by molar-refractivity contribution is 6.06. The molecule has 0 aliphatic heterocycles. The Morgan fingerprint density at radius 2 is 1.76 bits per heavy atom. The zero-order valence-corrected chi connectivity index (χ0v) is 21.1. The lowest BCUT2D eigenvalue weighted by molar-refractivity contribution is 0.102. The highest BCUT2D eigenvalue weighted by Gasteiger charge is 2.30. The fraction of sp³-hybridized carbons (Fsp3) is 0.207. The van der Waals surface area contributed by atoms with Crippen LogP contribution in [0.15, 0.2) is 72.8 Å². The predicted molar refractivity (Wildman–Crippen MR) is 143 cm³/mol. The number of aromatic nitrogens is 2. The molecule has 0 bridgehead atoms. The minimum absolute atomic E-state index is 0.0616. The molecule has 0 saturated heterocycles. The first kappa shape index (κ1) is 24.9. The highest BCUT2D eigenvalue weighted by Crippen LogP contribution is 2.42. The molecule has 9 nitrogen and oxygen atoms in total. The van der Waals surface area contributed by atoms with Crippen LogP contribution in [0.4, 0.5) is 10.5 Å². The molecule has 9 heteroatoms. The molecule has 38 heavy (non-hydrogen) atoms. The van der Waals surface area contributed by atoms with E-state index in [4.69, 9.17) is 9.47 Å². The van der Waals surface area contributed by atoms with Gasteiger partial charge in [0.2, 0.25) is 0 Å². The van der Waals surface area contributed by atoms with Crippen molar-refractivity contribution in [2.45, 2.75) is 25.3 Å². The molecule has 3 N–H and O–H groups in total. The summed E-state index contributed by atoms with van der Waals surface area (Å²) in [4.78, 5) is 25.8. The van der Waals surface area contributed by atoms with Crippen molar-refractivity contribution in [2.24, 2.45) is 0 Å². The summed E-state index contributed by atoms with van der Waals surface area (Å²) < 4.78 is 11.8. The van der Waals surface area contributed by atoms with Gasteiger partial charge in [0.25, 0.3) is 5.91 Å². The number of carbonyl (C=O) groups is 2. The van der Waals surface area contributed by atoms with Gasteiger partial charge in [-0.15, -0.1) is 0 Å². The number of benzene rings is 3. The molecule has 1 saturated carbocycles. The predicted octanol–water partition coefficient (Wildman–Crippen LogP) is 5.16. The van der Waals surface area contributed by atoms with Crippen LogP contribution in [0.3, 0.4) is 0 Å². The largest absolute Gasteiger partial charge is 0.507 e. The van der Waals surface area contributed by atoms with E-state index in [-0.39, 0.29) is 23.6 Å². The lowest BCUT2D eigenvalue weighted by Crippen LogP contribution is -2.30. The molecule has 0 atom stereocenters. The van der Waals surface area contributed by atoms with Crippen molar-refractivity contribution >= 4 is 17.6 Å². The molecule has 1 fully saturated rings. The van der Waals surface area contributed by atoms with Gasteiger partial charge in [-0.3, -0.25) is 4.79 Å². The lowest BCUT2D eigenvalue weighted by Gasteiger charge is -2.10. The molecular formula is C29H28N4O5. The van der Waals surface area contributed by atoms with Gasteiger partial charge in [0, 0.05) is 29.8 Å². The van der Waals surface area contributed by atoms with Crippen LogP contribution in [0.1, 0.15) is 40.4 Å². The van der Waals surface area contributed by atoms with Crippen molar-refractivity contribution in [3.63, 3.8) is 0 Å². The quantitative estimate of drug-likeness (QED) is 0.300. The van der Waals surface area contributed by atoms with E-state index in [1.54, 1.807) is 43.5 Å². The third-order valence-electron chi connectivity index (χ3n) is 6.41. The monoisotopic (exact) mass is 512 g/mol. The molecule has 1 aromatic heterocycles. The Labute approximate surface area is 220 Å². The molecule has 1 aliphatic carbocycles. The van der Waals surface area contributed by atoms with Gasteiger partial charge in [-0.05, 0) is 60.9 Å². The van der Waals surface area contributed by atoms with Crippen molar-refractivity contribution < 1.29 is 24.2 Å². The maximum atomic E-state index is 13.0. The van der Waals surface area contributed by atoms with E-state index in [2.05, 4.69) is 15.7 Å². The van der Waals surface area contributed by atoms with E-state index in [0.29, 0.717) is 34.8 Å². The van der Waals surface area contributed by atoms with Crippen molar-refractivity contribution in [2.75, 3.05) is 19.5 Å². The fourth-order valence-corrected chi connectivity index (χ4v) is 4.21. The number of rotatable bonds is 8. The van der Waals surface area contributed by atoms with Crippen molar-refractivity contribution in [1.29, 1.82) is 0 Å². The van der Waals surface area contributed by atoms with Crippen LogP contribution in [0.25, 0.3) is 11.3 Å². The van der Waals surface area contributed by atoms with Gasteiger partial charge in [-0.25, -0.2) is 4.79 Å². The Bertz CT molecular complexity index is 1470. The average molecular weight is 513 g/mol. The number of nitrogens with zero attached hydrogens (tertiary/aromatic N) is 2. The van der Waals surface area contributed by atoms with Gasteiger partial charge in [0.1, 0.15) is 17.2 Å². The summed E-state index contributed by atoms with van der Waals surface area (Å²) in [7, 11) is 3.11.